The van der Waals surface area contributed by atoms with Crippen LogP contribution in [0.5, 0.6) is 11.5 Å². The monoisotopic (exact) mass is 703 g/mol. The van der Waals surface area contributed by atoms with Gasteiger partial charge in [-0.15, -0.1) is 0 Å². The van der Waals surface area contributed by atoms with Gasteiger partial charge in [-0.05, 0) is 102 Å². The Hall–Kier alpha value is -5.22. The summed E-state index contributed by atoms with van der Waals surface area (Å²) in [7, 11) is 3.68. The number of aromatic nitrogens is 3. The summed E-state index contributed by atoms with van der Waals surface area (Å²) in [5.74, 6) is 1.41. The average Bonchev–Trinajstić information content (AvgIpc) is 3.10. The largest absolute Gasteiger partial charge is 0.497 e. The lowest BCUT2D eigenvalue weighted by molar-refractivity contribution is 0.00587. The summed E-state index contributed by atoms with van der Waals surface area (Å²) in [5.41, 5.74) is 6.20. The first-order valence-electron chi connectivity index (χ1n) is 17.9. The number of aryl methyl sites for hydroxylation is 2. The van der Waals surface area contributed by atoms with Gasteiger partial charge in [-0.25, -0.2) is 14.8 Å². The first-order valence-corrected chi connectivity index (χ1v) is 17.9. The van der Waals surface area contributed by atoms with Crippen LogP contribution in [0.1, 0.15) is 62.3 Å². The number of rotatable bonds is 10. The van der Waals surface area contributed by atoms with Crippen LogP contribution < -0.4 is 15.0 Å². The van der Waals surface area contributed by atoms with Crippen molar-refractivity contribution in [2.75, 3.05) is 27.2 Å². The van der Waals surface area contributed by atoms with Gasteiger partial charge < -0.3 is 24.0 Å². The Bertz CT molecular complexity index is 2080. The topological polar surface area (TPSA) is 99.0 Å². The number of likely N-dealkylation sites (N-methyl/N-ethyl adjacent to an activating group) is 1. The quantitative estimate of drug-likeness (QED) is 0.145. The lowest BCUT2D eigenvalue weighted by atomic mass is 9.95. The predicted molar refractivity (Wildman–Crippen MR) is 204 cm³/mol. The van der Waals surface area contributed by atoms with Crippen LogP contribution in [0.2, 0.25) is 0 Å². The number of fused-ring (bicyclic) bond motifs is 1. The number of piperidine rings is 1. The highest BCUT2D eigenvalue weighted by molar-refractivity contribution is 5.86. The van der Waals surface area contributed by atoms with Crippen LogP contribution in [0, 0.1) is 13.8 Å². The number of likely N-dealkylation sites (tertiary alicyclic amines) is 1. The Labute approximate surface area is 306 Å². The van der Waals surface area contributed by atoms with Gasteiger partial charge in [0, 0.05) is 43.5 Å². The lowest BCUT2D eigenvalue weighted by Crippen LogP contribution is -2.50. The number of methoxy groups -OCH3 is 1. The van der Waals surface area contributed by atoms with E-state index in [0.717, 1.165) is 58.4 Å². The summed E-state index contributed by atoms with van der Waals surface area (Å²) in [5, 5.41) is 0.461. The Morgan fingerprint density at radius 1 is 0.962 bits per heavy atom. The standard InChI is InChI=1S/C42H49N5O5/c1-28-19-29(2)21-31(20-28)36-23-43-39-38(37(36)25-45(6)24-33-11-8-9-18-46(33)41(49)52-42(3,4)5)40(48)47(27-44-39)32-12-10-13-35(22-32)51-26-30-14-16-34(50-7)17-15-30/h10,12-17,19-23,27,33H,8-9,11,18,24-26H2,1-7H3. The van der Waals surface area contributed by atoms with Crippen molar-refractivity contribution in [3.8, 4) is 28.3 Å². The number of benzene rings is 3. The predicted octanol–water partition coefficient (Wildman–Crippen LogP) is 7.87. The van der Waals surface area contributed by atoms with Crippen molar-refractivity contribution < 1.29 is 19.0 Å². The molecule has 0 aliphatic carbocycles. The van der Waals surface area contributed by atoms with Gasteiger partial charge in [-0.2, -0.15) is 0 Å². The van der Waals surface area contributed by atoms with Crippen molar-refractivity contribution in [1.29, 1.82) is 0 Å². The molecule has 10 nitrogen and oxygen atoms in total. The summed E-state index contributed by atoms with van der Waals surface area (Å²) >= 11 is 0. The number of hydrogen-bond acceptors (Lipinski definition) is 8. The van der Waals surface area contributed by atoms with Crippen molar-refractivity contribution in [3.63, 3.8) is 0 Å². The Morgan fingerprint density at radius 3 is 2.42 bits per heavy atom. The number of carbonyl (C=O) groups excluding carboxylic acids is 1. The Morgan fingerprint density at radius 2 is 1.71 bits per heavy atom. The fraction of sp³-hybridized carbons (Fsp3) is 0.381. The van der Waals surface area contributed by atoms with E-state index in [1.165, 1.54) is 6.33 Å². The highest BCUT2D eigenvalue weighted by Crippen LogP contribution is 2.31. The molecule has 0 bridgehead atoms. The van der Waals surface area contributed by atoms with E-state index >= 15 is 0 Å². The molecule has 10 heteroatoms. The van der Waals surface area contributed by atoms with E-state index in [2.05, 4.69) is 36.9 Å². The number of nitrogens with zero attached hydrogens (tertiary/aromatic N) is 5. The maximum absolute atomic E-state index is 14.6. The third-order valence-electron chi connectivity index (χ3n) is 9.29. The first kappa shape index (κ1) is 36.6. The molecule has 272 valence electrons. The summed E-state index contributed by atoms with van der Waals surface area (Å²) in [6.45, 7) is 11.9. The molecule has 0 radical (unpaired) electrons. The molecule has 5 aromatic rings. The first-order chi connectivity index (χ1) is 24.9. The molecule has 0 saturated carbocycles. The fourth-order valence-corrected chi connectivity index (χ4v) is 6.93. The third-order valence-corrected chi connectivity index (χ3v) is 9.29. The van der Waals surface area contributed by atoms with Gasteiger partial charge in [0.2, 0.25) is 0 Å². The molecule has 52 heavy (non-hydrogen) atoms. The summed E-state index contributed by atoms with van der Waals surface area (Å²) in [4.78, 5) is 41.3. The molecule has 1 saturated heterocycles. The maximum Gasteiger partial charge on any atom is 0.410 e. The van der Waals surface area contributed by atoms with E-state index in [-0.39, 0.29) is 17.7 Å². The van der Waals surface area contributed by atoms with E-state index in [0.29, 0.717) is 48.7 Å². The van der Waals surface area contributed by atoms with Gasteiger partial charge >= 0.3 is 6.09 Å². The van der Waals surface area contributed by atoms with Crippen LogP contribution in [0.25, 0.3) is 27.8 Å². The summed E-state index contributed by atoms with van der Waals surface area (Å²) < 4.78 is 18.7. The molecule has 1 fully saturated rings. The van der Waals surface area contributed by atoms with Crippen molar-refractivity contribution in [1.82, 2.24) is 24.3 Å². The Kier molecular flexibility index (Phi) is 11.0. The number of carbonyl (C=O) groups is 1. The van der Waals surface area contributed by atoms with Gasteiger partial charge in [0.05, 0.1) is 18.2 Å². The highest BCUT2D eigenvalue weighted by Gasteiger charge is 2.31. The van der Waals surface area contributed by atoms with Crippen LogP contribution >= 0.6 is 0 Å². The Balaban J connectivity index is 1.36. The van der Waals surface area contributed by atoms with Crippen molar-refractivity contribution in [3.05, 3.63) is 112 Å². The van der Waals surface area contributed by atoms with Crippen LogP contribution in [-0.2, 0) is 17.9 Å². The van der Waals surface area contributed by atoms with Crippen LogP contribution in [0.3, 0.4) is 0 Å². The molecule has 1 aliphatic rings. The molecule has 2 aromatic heterocycles. The lowest BCUT2D eigenvalue weighted by Gasteiger charge is -2.38. The molecule has 6 rings (SSSR count). The third kappa shape index (κ3) is 8.62. The minimum absolute atomic E-state index is 0.0122. The molecule has 1 amide bonds. The van der Waals surface area contributed by atoms with Crippen molar-refractivity contribution >= 4 is 17.1 Å². The zero-order valence-electron chi connectivity index (χ0n) is 31.3. The molecule has 1 atom stereocenters. The highest BCUT2D eigenvalue weighted by atomic mass is 16.6. The van der Waals surface area contributed by atoms with Gasteiger partial charge in [-0.1, -0.05) is 47.5 Å². The zero-order valence-corrected chi connectivity index (χ0v) is 31.3. The summed E-state index contributed by atoms with van der Waals surface area (Å²) in [6.07, 6.45) is 5.96. The second-order valence-corrected chi connectivity index (χ2v) is 14.8. The normalized spacial score (nSPS) is 14.8. The number of pyridine rings is 1. The van der Waals surface area contributed by atoms with Crippen molar-refractivity contribution in [2.45, 2.75) is 78.7 Å². The second-order valence-electron chi connectivity index (χ2n) is 14.8. The molecule has 1 unspecified atom stereocenters. The minimum atomic E-state index is -0.573. The van der Waals surface area contributed by atoms with Gasteiger partial charge in [0.15, 0.2) is 5.65 Å². The van der Waals surface area contributed by atoms with Gasteiger partial charge in [-0.3, -0.25) is 9.36 Å². The summed E-state index contributed by atoms with van der Waals surface area (Å²) in [6, 6.07) is 21.6. The number of amides is 1. The van der Waals surface area contributed by atoms with E-state index in [9.17, 15) is 9.59 Å². The van der Waals surface area contributed by atoms with Crippen LogP contribution in [0.4, 0.5) is 4.79 Å². The van der Waals surface area contributed by atoms with E-state index in [1.807, 2.05) is 87.4 Å². The number of hydrogen-bond donors (Lipinski definition) is 0. The molecule has 0 N–H and O–H groups in total. The van der Waals surface area contributed by atoms with E-state index in [4.69, 9.17) is 24.2 Å². The van der Waals surface area contributed by atoms with Crippen LogP contribution in [-0.4, -0.2) is 69.3 Å². The molecular formula is C42H49N5O5. The molecule has 3 heterocycles. The maximum atomic E-state index is 14.6. The molecule has 1 aliphatic heterocycles. The van der Waals surface area contributed by atoms with Gasteiger partial charge in [0.1, 0.15) is 30.0 Å². The fourth-order valence-electron chi connectivity index (χ4n) is 6.93. The van der Waals surface area contributed by atoms with Crippen molar-refractivity contribution in [2.24, 2.45) is 0 Å². The molecule has 3 aromatic carbocycles. The number of ether oxygens (including phenoxy) is 3. The zero-order chi connectivity index (χ0) is 37.0. The van der Waals surface area contributed by atoms with E-state index in [1.54, 1.807) is 11.7 Å². The van der Waals surface area contributed by atoms with E-state index < -0.39 is 5.60 Å². The smallest absolute Gasteiger partial charge is 0.410 e. The molecular weight excluding hydrogens is 654 g/mol. The second kappa shape index (κ2) is 15.6. The minimum Gasteiger partial charge on any atom is -0.497 e. The molecule has 0 spiro atoms. The van der Waals surface area contributed by atoms with Gasteiger partial charge in [0.25, 0.3) is 5.56 Å². The van der Waals surface area contributed by atoms with Crippen LogP contribution in [0.15, 0.2) is 84.0 Å². The SMILES string of the molecule is COc1ccc(COc2cccc(-n3cnc4ncc(-c5cc(C)cc(C)c5)c(CN(C)CC5CCCCN5C(=O)OC(C)(C)C)c4c3=O)c2)cc1. The average molecular weight is 704 g/mol.